The molecule has 1 fully saturated rings. The van der Waals surface area contributed by atoms with E-state index in [2.05, 4.69) is 44.2 Å². The third-order valence-corrected chi connectivity index (χ3v) is 6.09. The number of anilines is 2. The molecule has 11 heteroatoms. The SMILES string of the molecule is CC(C)c1cncc(Nc2c(-c3ccc(-c4ccc(C5CC5C(=O)O)cn4)cn3)cnn2C)n1.Cl.Cl. The van der Waals surface area contributed by atoms with Crippen LogP contribution in [-0.2, 0) is 11.8 Å². The Kier molecular flexibility index (Phi) is 8.27. The molecule has 0 spiro atoms. The van der Waals surface area contributed by atoms with E-state index in [1.807, 2.05) is 31.3 Å². The average molecular weight is 528 g/mol. The molecule has 188 valence electrons. The van der Waals surface area contributed by atoms with Crippen LogP contribution in [0, 0.1) is 5.92 Å². The average Bonchev–Trinajstić information content (AvgIpc) is 3.58. The highest BCUT2D eigenvalue weighted by Crippen LogP contribution is 2.47. The molecule has 2 N–H and O–H groups in total. The maximum absolute atomic E-state index is 11.1. The summed E-state index contributed by atoms with van der Waals surface area (Å²) >= 11 is 0. The smallest absolute Gasteiger partial charge is 0.307 e. The molecule has 4 heterocycles. The van der Waals surface area contributed by atoms with E-state index in [1.54, 1.807) is 35.7 Å². The van der Waals surface area contributed by atoms with Crippen LogP contribution >= 0.6 is 24.8 Å². The van der Waals surface area contributed by atoms with Gasteiger partial charge in [0, 0.05) is 31.2 Å². The molecule has 2 atom stereocenters. The molecule has 0 bridgehead atoms. The number of rotatable bonds is 7. The van der Waals surface area contributed by atoms with Crippen LogP contribution in [0.1, 0.15) is 43.4 Å². The van der Waals surface area contributed by atoms with Gasteiger partial charge in [0.15, 0.2) is 0 Å². The zero-order chi connectivity index (χ0) is 23.8. The predicted octanol–water partition coefficient (Wildman–Crippen LogP) is 5.23. The van der Waals surface area contributed by atoms with Crippen molar-refractivity contribution >= 4 is 42.4 Å². The van der Waals surface area contributed by atoms with Gasteiger partial charge in [-0.15, -0.1) is 24.8 Å². The van der Waals surface area contributed by atoms with Crippen molar-refractivity contribution in [1.29, 1.82) is 0 Å². The largest absolute Gasteiger partial charge is 0.481 e. The van der Waals surface area contributed by atoms with Gasteiger partial charge in [0.05, 0.1) is 41.0 Å². The summed E-state index contributed by atoms with van der Waals surface area (Å²) in [6, 6.07) is 7.78. The van der Waals surface area contributed by atoms with E-state index < -0.39 is 5.97 Å². The minimum absolute atomic E-state index is 0. The van der Waals surface area contributed by atoms with E-state index in [4.69, 9.17) is 5.11 Å². The number of aryl methyl sites for hydroxylation is 1. The van der Waals surface area contributed by atoms with Crippen LogP contribution in [-0.4, -0.2) is 40.8 Å². The normalized spacial score (nSPS) is 16.1. The molecule has 1 aliphatic rings. The van der Waals surface area contributed by atoms with E-state index >= 15 is 0 Å². The number of aliphatic carboxylic acids is 1. The number of carboxylic acids is 1. The third-order valence-electron chi connectivity index (χ3n) is 6.09. The Hall–Kier alpha value is -3.56. The molecular formula is C25H27Cl2N7O2. The molecule has 0 amide bonds. The summed E-state index contributed by atoms with van der Waals surface area (Å²) in [6.45, 7) is 4.16. The molecule has 0 saturated heterocycles. The lowest BCUT2D eigenvalue weighted by Crippen LogP contribution is -2.04. The summed E-state index contributed by atoms with van der Waals surface area (Å²) < 4.78 is 1.75. The first-order valence-electron chi connectivity index (χ1n) is 11.2. The van der Waals surface area contributed by atoms with E-state index in [0.29, 0.717) is 12.2 Å². The third kappa shape index (κ3) is 5.47. The molecule has 5 rings (SSSR count). The fraction of sp³-hybridized carbons (Fsp3) is 0.280. The van der Waals surface area contributed by atoms with E-state index in [-0.39, 0.29) is 42.6 Å². The minimum atomic E-state index is -0.738. The Morgan fingerprint density at radius 1 is 1.03 bits per heavy atom. The van der Waals surface area contributed by atoms with Gasteiger partial charge < -0.3 is 10.4 Å². The summed E-state index contributed by atoms with van der Waals surface area (Å²) in [6.07, 6.45) is 9.47. The van der Waals surface area contributed by atoms with Gasteiger partial charge in [-0.05, 0) is 42.0 Å². The van der Waals surface area contributed by atoms with Gasteiger partial charge in [-0.1, -0.05) is 19.9 Å². The molecule has 1 aliphatic carbocycles. The number of hydrogen-bond acceptors (Lipinski definition) is 7. The van der Waals surface area contributed by atoms with E-state index in [1.165, 1.54) is 0 Å². The lowest BCUT2D eigenvalue weighted by atomic mass is 10.1. The molecule has 0 radical (unpaired) electrons. The minimum Gasteiger partial charge on any atom is -0.481 e. The molecule has 36 heavy (non-hydrogen) atoms. The van der Waals surface area contributed by atoms with Gasteiger partial charge >= 0.3 is 5.97 Å². The molecular weight excluding hydrogens is 501 g/mol. The van der Waals surface area contributed by atoms with Gasteiger partial charge in [-0.2, -0.15) is 5.10 Å². The van der Waals surface area contributed by atoms with Gasteiger partial charge in [-0.3, -0.25) is 24.4 Å². The van der Waals surface area contributed by atoms with Crippen molar-refractivity contribution < 1.29 is 9.90 Å². The van der Waals surface area contributed by atoms with Crippen molar-refractivity contribution in [1.82, 2.24) is 29.7 Å². The Morgan fingerprint density at radius 2 is 1.78 bits per heavy atom. The molecule has 0 aliphatic heterocycles. The topological polar surface area (TPSA) is 119 Å². The van der Waals surface area contributed by atoms with Crippen molar-refractivity contribution in [2.24, 2.45) is 13.0 Å². The number of nitrogens with zero attached hydrogens (tertiary/aromatic N) is 6. The second-order valence-corrected chi connectivity index (χ2v) is 8.84. The second kappa shape index (κ2) is 11.0. The number of carbonyl (C=O) groups is 1. The zero-order valence-electron chi connectivity index (χ0n) is 20.0. The summed E-state index contributed by atoms with van der Waals surface area (Å²) in [5.74, 6) is 0.752. The highest BCUT2D eigenvalue weighted by atomic mass is 35.5. The Morgan fingerprint density at radius 3 is 2.39 bits per heavy atom. The van der Waals surface area contributed by atoms with E-state index in [0.717, 1.165) is 39.6 Å². The number of halogens is 2. The maximum Gasteiger partial charge on any atom is 0.307 e. The van der Waals surface area contributed by atoms with Crippen LogP contribution in [0.4, 0.5) is 11.6 Å². The molecule has 1 saturated carbocycles. The van der Waals surface area contributed by atoms with Crippen LogP contribution in [0.3, 0.4) is 0 Å². The standard InChI is InChI=1S/C25H25N7O2.2ClH/c1-14(2)22-12-26-13-23(30-22)31-24-19(11-29-32(24)3)21-7-5-16(10-28-21)20-6-4-15(9-27-20)17-8-18(17)25(33)34;;/h4-7,9-14,17-18H,8H2,1-3H3,(H,30,31)(H,33,34);2*1H. The number of hydrogen-bond donors (Lipinski definition) is 2. The van der Waals surface area contributed by atoms with E-state index in [9.17, 15) is 4.79 Å². The van der Waals surface area contributed by atoms with Gasteiger partial charge in [0.2, 0.25) is 0 Å². The Bertz CT molecular complexity index is 1340. The zero-order valence-corrected chi connectivity index (χ0v) is 21.6. The highest BCUT2D eigenvalue weighted by molar-refractivity contribution is 5.85. The molecule has 0 aromatic carbocycles. The van der Waals surface area contributed by atoms with Crippen LogP contribution in [0.5, 0.6) is 0 Å². The summed E-state index contributed by atoms with van der Waals surface area (Å²) in [4.78, 5) is 29.2. The molecule has 4 aromatic heterocycles. The fourth-order valence-corrected chi connectivity index (χ4v) is 3.95. The van der Waals surface area contributed by atoms with Gasteiger partial charge in [-0.25, -0.2) is 4.98 Å². The lowest BCUT2D eigenvalue weighted by molar-refractivity contribution is -0.138. The number of aromatic nitrogens is 6. The maximum atomic E-state index is 11.1. The van der Waals surface area contributed by atoms with Crippen molar-refractivity contribution in [2.45, 2.75) is 32.1 Å². The molecule has 4 aromatic rings. The number of nitrogens with one attached hydrogen (secondary N) is 1. The number of carboxylic acid groups (broad SMARTS) is 1. The van der Waals surface area contributed by atoms with Crippen molar-refractivity contribution in [3.8, 4) is 22.5 Å². The monoisotopic (exact) mass is 527 g/mol. The second-order valence-electron chi connectivity index (χ2n) is 8.84. The molecule has 9 nitrogen and oxygen atoms in total. The summed E-state index contributed by atoms with van der Waals surface area (Å²) in [5.41, 5.74) is 5.18. The fourth-order valence-electron chi connectivity index (χ4n) is 3.95. The van der Waals surface area contributed by atoms with Crippen LogP contribution in [0.25, 0.3) is 22.5 Å². The first-order chi connectivity index (χ1) is 16.4. The highest BCUT2D eigenvalue weighted by Gasteiger charge is 2.44. The first kappa shape index (κ1) is 27.0. The van der Waals surface area contributed by atoms with Crippen molar-refractivity contribution in [3.05, 3.63) is 66.5 Å². The van der Waals surface area contributed by atoms with Crippen molar-refractivity contribution in [2.75, 3.05) is 5.32 Å². The first-order valence-corrected chi connectivity index (χ1v) is 11.2. The van der Waals surface area contributed by atoms with Crippen LogP contribution in [0.15, 0.2) is 55.2 Å². The molecule has 2 unspecified atom stereocenters. The van der Waals surface area contributed by atoms with Gasteiger partial charge in [0.1, 0.15) is 11.6 Å². The summed E-state index contributed by atoms with van der Waals surface area (Å²) in [7, 11) is 1.86. The van der Waals surface area contributed by atoms with Gasteiger partial charge in [0.25, 0.3) is 0 Å². The summed E-state index contributed by atoms with van der Waals surface area (Å²) in [5, 5.41) is 16.8. The van der Waals surface area contributed by atoms with Crippen LogP contribution in [0.2, 0.25) is 0 Å². The quantitative estimate of drug-likeness (QED) is 0.335. The van der Waals surface area contributed by atoms with Crippen LogP contribution < -0.4 is 5.32 Å². The van der Waals surface area contributed by atoms with Crippen molar-refractivity contribution in [3.63, 3.8) is 0 Å². The Labute approximate surface area is 221 Å². The lowest BCUT2D eigenvalue weighted by Gasteiger charge is -2.11. The number of pyridine rings is 2. The predicted molar refractivity (Wildman–Crippen MR) is 142 cm³/mol. The Balaban J connectivity index is 0.00000180.